The molecule has 1 aliphatic heterocycles. The second-order valence-corrected chi connectivity index (χ2v) is 5.32. The number of nitrogens with two attached hydrogens (primary N) is 1. The number of carbonyl (C=O) groups is 2. The highest BCUT2D eigenvalue weighted by atomic mass is 16.5. The van der Waals surface area contributed by atoms with Crippen LogP contribution in [0.3, 0.4) is 0 Å². The Morgan fingerprint density at radius 1 is 1.46 bits per heavy atom. The predicted octanol–water partition coefficient (Wildman–Crippen LogP) is -1.23. The number of hydrogen-bond acceptors (Lipinski definition) is 7. The van der Waals surface area contributed by atoms with E-state index in [4.69, 9.17) is 15.5 Å². The van der Waals surface area contributed by atoms with E-state index in [1.54, 1.807) is 12.1 Å². The van der Waals surface area contributed by atoms with Gasteiger partial charge in [-0.2, -0.15) is 0 Å². The summed E-state index contributed by atoms with van der Waals surface area (Å²) in [5, 5.41) is 29.1. The van der Waals surface area contributed by atoms with Crippen LogP contribution in [0.4, 0.5) is 5.95 Å². The highest BCUT2D eigenvalue weighted by molar-refractivity contribution is 6.47. The number of hydrogen-bond donors (Lipinski definition) is 5. The summed E-state index contributed by atoms with van der Waals surface area (Å²) < 4.78 is 5.30. The number of rotatable bonds is 4. The molecule has 2 heterocycles. The summed E-state index contributed by atoms with van der Waals surface area (Å²) in [6.07, 6.45) is 0.150. The van der Waals surface area contributed by atoms with Crippen LogP contribution in [0.15, 0.2) is 18.2 Å². The number of aromatic nitrogens is 3. The number of aromatic amines is 1. The summed E-state index contributed by atoms with van der Waals surface area (Å²) in [6.45, 7) is 0. The summed E-state index contributed by atoms with van der Waals surface area (Å²) in [4.78, 5) is 25.8. The fourth-order valence-corrected chi connectivity index (χ4v) is 2.52. The molecule has 1 aromatic carbocycles. The van der Waals surface area contributed by atoms with E-state index in [0.717, 1.165) is 0 Å². The first-order valence-corrected chi connectivity index (χ1v) is 7.10. The van der Waals surface area contributed by atoms with Crippen molar-refractivity contribution in [1.82, 2.24) is 20.5 Å². The van der Waals surface area contributed by atoms with Gasteiger partial charge in [-0.25, -0.2) is 4.79 Å². The molecule has 124 valence electrons. The zero-order chi connectivity index (χ0) is 17.3. The number of fused-ring (bicyclic) bond motifs is 1. The lowest BCUT2D eigenvalue weighted by atomic mass is 9.72. The molecule has 1 aromatic heterocycles. The van der Waals surface area contributed by atoms with E-state index in [-0.39, 0.29) is 30.1 Å². The van der Waals surface area contributed by atoms with Crippen LogP contribution in [0.2, 0.25) is 0 Å². The van der Waals surface area contributed by atoms with Gasteiger partial charge in [-0.3, -0.25) is 4.79 Å². The first kappa shape index (κ1) is 15.8. The number of H-pyrrole nitrogens is 1. The number of carboxylic acids is 1. The lowest BCUT2D eigenvalue weighted by Gasteiger charge is -2.28. The topological polar surface area (TPSA) is 163 Å². The average Bonchev–Trinajstić information content (AvgIpc) is 2.92. The number of aromatic carboxylic acids is 1. The smallest absolute Gasteiger partial charge is 0.534 e. The molecule has 0 saturated heterocycles. The monoisotopic (exact) mass is 331 g/mol. The van der Waals surface area contributed by atoms with Crippen LogP contribution in [0, 0.1) is 0 Å². The third kappa shape index (κ3) is 3.15. The Hall–Kier alpha value is -3.08. The van der Waals surface area contributed by atoms with Gasteiger partial charge in [0.15, 0.2) is 0 Å². The van der Waals surface area contributed by atoms with E-state index in [1.807, 2.05) is 0 Å². The van der Waals surface area contributed by atoms with Crippen LogP contribution in [0.1, 0.15) is 21.7 Å². The van der Waals surface area contributed by atoms with Gasteiger partial charge in [-0.1, -0.05) is 12.1 Å². The van der Waals surface area contributed by atoms with Gasteiger partial charge in [-0.15, -0.1) is 10.2 Å². The van der Waals surface area contributed by atoms with Gasteiger partial charge < -0.3 is 30.8 Å². The van der Waals surface area contributed by atoms with Crippen molar-refractivity contribution in [3.05, 3.63) is 35.2 Å². The molecule has 0 aliphatic carbocycles. The Morgan fingerprint density at radius 2 is 2.25 bits per heavy atom. The number of nitrogens with zero attached hydrogens (tertiary/aromatic N) is 2. The van der Waals surface area contributed by atoms with Crippen molar-refractivity contribution in [2.75, 3.05) is 5.73 Å². The molecule has 0 bridgehead atoms. The number of amides is 1. The molecule has 10 nitrogen and oxygen atoms in total. The predicted molar refractivity (Wildman–Crippen MR) is 82.1 cm³/mol. The Labute approximate surface area is 136 Å². The zero-order valence-electron chi connectivity index (χ0n) is 12.4. The molecule has 1 atom stereocenters. The number of benzene rings is 1. The molecule has 0 spiro atoms. The molecule has 0 saturated carbocycles. The molecule has 1 amide bonds. The molecular weight excluding hydrogens is 317 g/mol. The van der Waals surface area contributed by atoms with E-state index in [2.05, 4.69) is 20.5 Å². The highest BCUT2D eigenvalue weighted by Crippen LogP contribution is 2.30. The Bertz CT molecular complexity index is 795. The van der Waals surface area contributed by atoms with Crippen LogP contribution >= 0.6 is 0 Å². The Balaban J connectivity index is 1.71. The second kappa shape index (κ2) is 6.20. The molecular formula is C13H14BN5O5. The molecule has 2 aromatic rings. The normalized spacial score (nSPS) is 16.2. The summed E-state index contributed by atoms with van der Waals surface area (Å²) in [6, 6.07) is 4.66. The number of nitrogens with one attached hydrogen (secondary N) is 2. The van der Waals surface area contributed by atoms with Gasteiger partial charge in [-0.05, 0) is 18.1 Å². The molecule has 11 heteroatoms. The SMILES string of the molecule is Nc1nnc(CC(=O)NC2Cc3cccc(C(=O)O)c3OB2O)[nH]1. The number of para-hydroxylation sites is 1. The quantitative estimate of drug-likeness (QED) is 0.435. The molecule has 6 N–H and O–H groups in total. The van der Waals surface area contributed by atoms with Crippen molar-refractivity contribution in [1.29, 1.82) is 0 Å². The van der Waals surface area contributed by atoms with E-state index < -0.39 is 24.9 Å². The van der Waals surface area contributed by atoms with Gasteiger partial charge in [0.05, 0.1) is 17.9 Å². The maximum Gasteiger partial charge on any atom is 0.547 e. The van der Waals surface area contributed by atoms with E-state index in [1.165, 1.54) is 6.07 Å². The Kier molecular flexibility index (Phi) is 4.08. The van der Waals surface area contributed by atoms with Crippen LogP contribution < -0.4 is 15.7 Å². The number of carboxylic acid groups (broad SMARTS) is 1. The fraction of sp³-hybridized carbons (Fsp3) is 0.231. The lowest BCUT2D eigenvalue weighted by Crippen LogP contribution is -2.53. The van der Waals surface area contributed by atoms with Gasteiger partial charge in [0.1, 0.15) is 11.6 Å². The van der Waals surface area contributed by atoms with Crippen molar-refractivity contribution < 1.29 is 24.4 Å². The van der Waals surface area contributed by atoms with E-state index in [0.29, 0.717) is 11.4 Å². The van der Waals surface area contributed by atoms with Gasteiger partial charge >= 0.3 is 13.1 Å². The molecule has 24 heavy (non-hydrogen) atoms. The van der Waals surface area contributed by atoms with Crippen LogP contribution in [-0.2, 0) is 17.6 Å². The van der Waals surface area contributed by atoms with Crippen LogP contribution in [-0.4, -0.2) is 50.2 Å². The van der Waals surface area contributed by atoms with Crippen molar-refractivity contribution >= 4 is 24.9 Å². The van der Waals surface area contributed by atoms with E-state index in [9.17, 15) is 14.6 Å². The maximum absolute atomic E-state index is 12.0. The van der Waals surface area contributed by atoms with Gasteiger partial charge in [0.2, 0.25) is 11.9 Å². The number of carbonyl (C=O) groups excluding carboxylic acids is 1. The van der Waals surface area contributed by atoms with Crippen molar-refractivity contribution in [2.24, 2.45) is 0 Å². The molecule has 0 fully saturated rings. The van der Waals surface area contributed by atoms with Gasteiger partial charge in [0.25, 0.3) is 0 Å². The average molecular weight is 331 g/mol. The van der Waals surface area contributed by atoms with Crippen LogP contribution in [0.5, 0.6) is 5.75 Å². The molecule has 3 rings (SSSR count). The van der Waals surface area contributed by atoms with E-state index >= 15 is 0 Å². The minimum atomic E-state index is -1.36. The largest absolute Gasteiger partial charge is 0.547 e. The minimum Gasteiger partial charge on any atom is -0.534 e. The highest BCUT2D eigenvalue weighted by Gasteiger charge is 2.37. The first-order valence-electron chi connectivity index (χ1n) is 7.10. The second-order valence-electron chi connectivity index (χ2n) is 5.32. The third-order valence-corrected chi connectivity index (χ3v) is 3.57. The molecule has 1 aliphatic rings. The zero-order valence-corrected chi connectivity index (χ0v) is 12.4. The maximum atomic E-state index is 12.0. The minimum absolute atomic E-state index is 0.0338. The van der Waals surface area contributed by atoms with Crippen molar-refractivity contribution in [2.45, 2.75) is 18.8 Å². The summed E-state index contributed by atoms with van der Waals surface area (Å²) in [7, 11) is -1.36. The molecule has 1 unspecified atom stereocenters. The van der Waals surface area contributed by atoms with Gasteiger partial charge in [0, 0.05) is 0 Å². The third-order valence-electron chi connectivity index (χ3n) is 3.57. The fourth-order valence-electron chi connectivity index (χ4n) is 2.52. The Morgan fingerprint density at radius 3 is 2.92 bits per heavy atom. The summed E-state index contributed by atoms with van der Waals surface area (Å²) in [5.41, 5.74) is 5.94. The summed E-state index contributed by atoms with van der Waals surface area (Å²) in [5.74, 6) is -1.75. The lowest BCUT2D eigenvalue weighted by molar-refractivity contribution is -0.121. The molecule has 0 radical (unpaired) electrons. The summed E-state index contributed by atoms with van der Waals surface area (Å²) >= 11 is 0. The van der Waals surface area contributed by atoms with Crippen LogP contribution in [0.25, 0.3) is 0 Å². The number of nitrogen functional groups attached to an aromatic ring is 1. The standard InChI is InChI=1S/C13H14BN5O5/c15-13-17-9(18-19-13)5-10(20)16-8-4-6-2-1-3-7(12(21)22)11(6)24-14(8)23/h1-3,8,23H,4-5H2,(H,16,20)(H,21,22)(H3,15,17,18,19). The number of anilines is 1. The van der Waals surface area contributed by atoms with Crippen molar-refractivity contribution in [3.63, 3.8) is 0 Å². The van der Waals surface area contributed by atoms with Crippen molar-refractivity contribution in [3.8, 4) is 5.75 Å². The first-order chi connectivity index (χ1) is 11.4.